The van der Waals surface area contributed by atoms with Gasteiger partial charge in [0, 0.05) is 62.4 Å². The summed E-state index contributed by atoms with van der Waals surface area (Å²) in [7, 11) is -3.38. The van der Waals surface area contributed by atoms with Crippen molar-refractivity contribution in [1.82, 2.24) is 14.1 Å². The molecule has 2 unspecified atom stereocenters. The van der Waals surface area contributed by atoms with Crippen LogP contribution in [0.15, 0.2) is 42.5 Å². The van der Waals surface area contributed by atoms with Gasteiger partial charge in [-0.1, -0.05) is 23.2 Å². The fourth-order valence-corrected chi connectivity index (χ4v) is 5.86. The Morgan fingerprint density at radius 1 is 1.06 bits per heavy atom. The van der Waals surface area contributed by atoms with Crippen LogP contribution in [0.25, 0.3) is 0 Å². The number of nitrogens with zero attached hydrogens (tertiary/aromatic N) is 4. The molecule has 2 fully saturated rings. The van der Waals surface area contributed by atoms with Gasteiger partial charge in [-0.3, -0.25) is 9.80 Å². The van der Waals surface area contributed by atoms with E-state index in [4.69, 9.17) is 37.9 Å². The summed E-state index contributed by atoms with van der Waals surface area (Å²) in [6, 6.07) is 14.3. The van der Waals surface area contributed by atoms with E-state index in [0.717, 1.165) is 38.3 Å². The van der Waals surface area contributed by atoms with E-state index in [1.807, 2.05) is 12.1 Å². The van der Waals surface area contributed by atoms with Gasteiger partial charge in [0.25, 0.3) is 0 Å². The molecule has 0 saturated carbocycles. The van der Waals surface area contributed by atoms with Crippen molar-refractivity contribution in [3.8, 4) is 11.8 Å². The second-order valence-corrected chi connectivity index (χ2v) is 12.0. The van der Waals surface area contributed by atoms with Gasteiger partial charge in [0.1, 0.15) is 12.4 Å². The van der Waals surface area contributed by atoms with Gasteiger partial charge in [0.05, 0.1) is 30.1 Å². The van der Waals surface area contributed by atoms with Crippen LogP contribution < -0.4 is 4.74 Å². The van der Waals surface area contributed by atoms with Gasteiger partial charge < -0.3 is 9.47 Å². The van der Waals surface area contributed by atoms with Crippen molar-refractivity contribution < 1.29 is 17.9 Å². The van der Waals surface area contributed by atoms with E-state index in [1.54, 1.807) is 30.3 Å². The third kappa shape index (κ3) is 7.56. The summed E-state index contributed by atoms with van der Waals surface area (Å²) in [5, 5.41) is 10.3. The fourth-order valence-electron chi connectivity index (χ4n) is 4.67. The second kappa shape index (κ2) is 12.1. The average molecular weight is 554 g/mol. The number of sulfonamides is 1. The maximum absolute atomic E-state index is 12.4. The first-order valence-corrected chi connectivity index (χ1v) is 14.4. The SMILES string of the molecule is CS(=O)(=O)N(CCOc1ccc(C#N)cc1)CCN1CC2CN(Cc3cc(Cl)ccc3Cl)CC(C1)O2. The number of rotatable bonds is 10. The number of ether oxygens (including phenoxy) is 2. The largest absolute Gasteiger partial charge is 0.492 e. The van der Waals surface area contributed by atoms with Crippen LogP contribution in [0.1, 0.15) is 11.1 Å². The third-order valence-electron chi connectivity index (χ3n) is 6.36. The Morgan fingerprint density at radius 3 is 2.36 bits per heavy atom. The quantitative estimate of drug-likeness (QED) is 0.447. The Balaban J connectivity index is 1.26. The summed E-state index contributed by atoms with van der Waals surface area (Å²) in [6.07, 6.45) is 1.34. The van der Waals surface area contributed by atoms with Gasteiger partial charge in [-0.05, 0) is 48.0 Å². The minimum atomic E-state index is -3.38. The van der Waals surface area contributed by atoms with E-state index in [2.05, 4.69) is 15.9 Å². The van der Waals surface area contributed by atoms with Gasteiger partial charge in [0.2, 0.25) is 10.0 Å². The van der Waals surface area contributed by atoms with Gasteiger partial charge >= 0.3 is 0 Å². The molecule has 2 aliphatic rings. The zero-order chi connectivity index (χ0) is 25.7. The summed E-state index contributed by atoms with van der Waals surface area (Å²) in [5.74, 6) is 0.604. The maximum atomic E-state index is 12.4. The Kier molecular flexibility index (Phi) is 9.12. The molecule has 2 atom stereocenters. The molecule has 8 nitrogen and oxygen atoms in total. The van der Waals surface area contributed by atoms with E-state index in [9.17, 15) is 8.42 Å². The Labute approximate surface area is 222 Å². The van der Waals surface area contributed by atoms with Crippen molar-refractivity contribution >= 4 is 33.2 Å². The molecule has 2 aliphatic heterocycles. The highest BCUT2D eigenvalue weighted by Crippen LogP contribution is 2.25. The Hall–Kier alpha value is -1.90. The predicted octanol–water partition coefficient (Wildman–Crippen LogP) is 3.09. The molecular weight excluding hydrogens is 523 g/mol. The molecule has 2 aromatic rings. The molecule has 2 aromatic carbocycles. The van der Waals surface area contributed by atoms with Crippen LogP contribution in [0.3, 0.4) is 0 Å². The predicted molar refractivity (Wildman–Crippen MR) is 140 cm³/mol. The lowest BCUT2D eigenvalue weighted by Crippen LogP contribution is -2.60. The molecule has 2 bridgehead atoms. The molecule has 2 heterocycles. The summed E-state index contributed by atoms with van der Waals surface area (Å²) in [4.78, 5) is 4.62. The zero-order valence-corrected chi connectivity index (χ0v) is 22.5. The van der Waals surface area contributed by atoms with Crippen molar-refractivity contribution in [3.05, 3.63) is 63.6 Å². The van der Waals surface area contributed by atoms with Crippen LogP contribution in [0, 0.1) is 11.3 Å². The lowest BCUT2D eigenvalue weighted by molar-refractivity contribution is -0.140. The van der Waals surface area contributed by atoms with Gasteiger partial charge in [-0.15, -0.1) is 0 Å². The van der Waals surface area contributed by atoms with Crippen molar-refractivity contribution in [2.75, 3.05) is 58.7 Å². The standard InChI is InChI=1S/C25H30Cl2N4O4S/c1-36(32,33)31(10-11-34-22-5-2-19(13-28)3-6-22)9-8-29-15-23-17-30(18-24(16-29)35-23)14-20-12-21(26)4-7-25(20)27/h2-7,12,23-24H,8-11,14-18H2,1H3. The summed E-state index contributed by atoms with van der Waals surface area (Å²) in [5.41, 5.74) is 1.56. The summed E-state index contributed by atoms with van der Waals surface area (Å²) in [6.45, 7) is 5.27. The highest BCUT2D eigenvalue weighted by Gasteiger charge is 2.35. The number of halogens is 2. The summed E-state index contributed by atoms with van der Waals surface area (Å²) >= 11 is 12.5. The van der Waals surface area contributed by atoms with Gasteiger partial charge in [0.15, 0.2) is 0 Å². The molecule has 4 rings (SSSR count). The molecule has 0 aromatic heterocycles. The molecule has 194 valence electrons. The number of hydrogen-bond acceptors (Lipinski definition) is 7. The topological polar surface area (TPSA) is 86.1 Å². The van der Waals surface area contributed by atoms with Crippen molar-refractivity contribution in [1.29, 1.82) is 5.26 Å². The Morgan fingerprint density at radius 2 is 1.72 bits per heavy atom. The first kappa shape index (κ1) is 27.1. The van der Waals surface area contributed by atoms with E-state index >= 15 is 0 Å². The lowest BCUT2D eigenvalue weighted by atomic mass is 10.1. The highest BCUT2D eigenvalue weighted by molar-refractivity contribution is 7.88. The first-order chi connectivity index (χ1) is 17.2. The molecule has 0 N–H and O–H groups in total. The molecule has 0 radical (unpaired) electrons. The molecule has 0 spiro atoms. The number of fused-ring (bicyclic) bond motifs is 2. The van der Waals surface area contributed by atoms with Crippen molar-refractivity contribution in [3.63, 3.8) is 0 Å². The minimum absolute atomic E-state index is 0.0573. The molecule has 36 heavy (non-hydrogen) atoms. The summed E-state index contributed by atoms with van der Waals surface area (Å²) < 4.78 is 38.0. The normalized spacial score (nSPS) is 20.9. The number of hydrogen-bond donors (Lipinski definition) is 0. The van der Waals surface area contributed by atoms with E-state index < -0.39 is 10.0 Å². The average Bonchev–Trinajstić information content (AvgIpc) is 2.82. The maximum Gasteiger partial charge on any atom is 0.211 e. The molecule has 2 saturated heterocycles. The van der Waals surface area contributed by atoms with Crippen LogP contribution in [0.2, 0.25) is 10.0 Å². The van der Waals surface area contributed by atoms with Crippen LogP contribution in [0.4, 0.5) is 0 Å². The van der Waals surface area contributed by atoms with Crippen molar-refractivity contribution in [2.45, 2.75) is 18.8 Å². The highest BCUT2D eigenvalue weighted by atomic mass is 35.5. The minimum Gasteiger partial charge on any atom is -0.492 e. The van der Waals surface area contributed by atoms with Crippen LogP contribution >= 0.6 is 23.2 Å². The molecule has 11 heteroatoms. The number of nitriles is 1. The molecule has 0 amide bonds. The lowest BCUT2D eigenvalue weighted by Gasteiger charge is -2.46. The smallest absolute Gasteiger partial charge is 0.211 e. The second-order valence-electron chi connectivity index (χ2n) is 9.22. The van der Waals surface area contributed by atoms with Gasteiger partial charge in [-0.25, -0.2) is 8.42 Å². The van der Waals surface area contributed by atoms with E-state index in [1.165, 1.54) is 10.6 Å². The van der Waals surface area contributed by atoms with Crippen LogP contribution in [0.5, 0.6) is 5.75 Å². The van der Waals surface area contributed by atoms with Crippen LogP contribution in [-0.4, -0.2) is 93.4 Å². The Bertz CT molecular complexity index is 1180. The van der Waals surface area contributed by atoms with Crippen molar-refractivity contribution in [2.24, 2.45) is 0 Å². The number of morpholine rings is 2. The molecule has 0 aliphatic carbocycles. The van der Waals surface area contributed by atoms with E-state index in [-0.39, 0.29) is 25.4 Å². The number of benzene rings is 2. The monoisotopic (exact) mass is 552 g/mol. The molecular formula is C25H30Cl2N4O4S. The first-order valence-electron chi connectivity index (χ1n) is 11.8. The van der Waals surface area contributed by atoms with E-state index in [0.29, 0.717) is 34.4 Å². The van der Waals surface area contributed by atoms with Crippen LogP contribution in [-0.2, 0) is 21.3 Å². The third-order valence-corrected chi connectivity index (χ3v) is 8.27. The fraction of sp³-hybridized carbons (Fsp3) is 0.480. The van der Waals surface area contributed by atoms with Gasteiger partial charge in [-0.2, -0.15) is 9.57 Å². The zero-order valence-electron chi connectivity index (χ0n) is 20.1.